The van der Waals surface area contributed by atoms with Crippen molar-refractivity contribution in [3.63, 3.8) is 0 Å². The van der Waals surface area contributed by atoms with E-state index in [1.54, 1.807) is 0 Å². The van der Waals surface area contributed by atoms with E-state index in [9.17, 15) is 13.2 Å². The van der Waals surface area contributed by atoms with Gasteiger partial charge in [-0.05, 0) is 32.3 Å². The van der Waals surface area contributed by atoms with Crippen LogP contribution in [0.3, 0.4) is 0 Å². The lowest BCUT2D eigenvalue weighted by atomic mass is 9.92. The van der Waals surface area contributed by atoms with Gasteiger partial charge < -0.3 is 0 Å². The van der Waals surface area contributed by atoms with E-state index in [0.717, 1.165) is 22.9 Å². The SMILES string of the molecule is Cc1cc(C)cc(C2(C(=O)NS(C)(=O)=O)CC2)c1. The highest BCUT2D eigenvalue weighted by atomic mass is 32.2. The lowest BCUT2D eigenvalue weighted by Gasteiger charge is -2.16. The maximum atomic E-state index is 12.1. The van der Waals surface area contributed by atoms with Crippen molar-refractivity contribution in [3.8, 4) is 0 Å². The second-order valence-electron chi connectivity index (χ2n) is 5.16. The van der Waals surface area contributed by atoms with Gasteiger partial charge in [-0.2, -0.15) is 0 Å². The van der Waals surface area contributed by atoms with Crippen LogP contribution in [0.4, 0.5) is 0 Å². The first-order valence-corrected chi connectivity index (χ1v) is 7.73. The van der Waals surface area contributed by atoms with E-state index in [1.165, 1.54) is 0 Å². The number of carbonyl (C=O) groups is 1. The van der Waals surface area contributed by atoms with Crippen LogP contribution in [-0.4, -0.2) is 20.6 Å². The number of carbonyl (C=O) groups excluding carboxylic acids is 1. The highest BCUT2D eigenvalue weighted by Gasteiger charge is 2.52. The van der Waals surface area contributed by atoms with Gasteiger partial charge in [-0.3, -0.25) is 9.52 Å². The molecule has 0 aromatic heterocycles. The molecule has 2 rings (SSSR count). The molecule has 1 aliphatic rings. The monoisotopic (exact) mass is 267 g/mol. The molecule has 1 aliphatic carbocycles. The van der Waals surface area contributed by atoms with Gasteiger partial charge in [0.05, 0.1) is 11.7 Å². The number of sulfonamides is 1. The van der Waals surface area contributed by atoms with Crippen molar-refractivity contribution in [2.75, 3.05) is 6.26 Å². The summed E-state index contributed by atoms with van der Waals surface area (Å²) in [6.45, 7) is 3.95. The van der Waals surface area contributed by atoms with E-state index >= 15 is 0 Å². The van der Waals surface area contributed by atoms with Crippen molar-refractivity contribution in [3.05, 3.63) is 34.9 Å². The van der Waals surface area contributed by atoms with Gasteiger partial charge in [-0.1, -0.05) is 29.3 Å². The Labute approximate surface area is 107 Å². The second kappa shape index (κ2) is 4.09. The molecule has 1 aromatic rings. The van der Waals surface area contributed by atoms with Gasteiger partial charge in [-0.15, -0.1) is 0 Å². The van der Waals surface area contributed by atoms with E-state index in [1.807, 2.05) is 32.0 Å². The molecule has 0 aliphatic heterocycles. The lowest BCUT2D eigenvalue weighted by molar-refractivity contribution is -0.121. The molecule has 18 heavy (non-hydrogen) atoms. The number of nitrogens with one attached hydrogen (secondary N) is 1. The molecule has 0 atom stereocenters. The van der Waals surface area contributed by atoms with Crippen LogP contribution in [0.2, 0.25) is 0 Å². The Morgan fingerprint density at radius 3 is 2.06 bits per heavy atom. The minimum atomic E-state index is -3.49. The molecule has 1 N–H and O–H groups in total. The average molecular weight is 267 g/mol. The molecule has 0 heterocycles. The fraction of sp³-hybridized carbons (Fsp3) is 0.462. The Morgan fingerprint density at radius 1 is 1.17 bits per heavy atom. The zero-order valence-electron chi connectivity index (χ0n) is 10.8. The van der Waals surface area contributed by atoms with Crippen molar-refractivity contribution in [2.45, 2.75) is 32.1 Å². The van der Waals surface area contributed by atoms with Crippen molar-refractivity contribution in [1.29, 1.82) is 0 Å². The van der Waals surface area contributed by atoms with Crippen molar-refractivity contribution >= 4 is 15.9 Å². The van der Waals surface area contributed by atoms with Gasteiger partial charge in [0.25, 0.3) is 0 Å². The van der Waals surface area contributed by atoms with Gasteiger partial charge in [0.1, 0.15) is 0 Å². The molecule has 0 unspecified atom stereocenters. The fourth-order valence-corrected chi connectivity index (χ4v) is 2.82. The number of amides is 1. The standard InChI is InChI=1S/C13H17NO3S/c1-9-6-10(2)8-11(7-9)13(4-5-13)12(15)14-18(3,16)17/h6-8H,4-5H2,1-3H3,(H,14,15). The summed E-state index contributed by atoms with van der Waals surface area (Å²) in [6.07, 6.45) is 2.41. The molecule has 1 fully saturated rings. The zero-order chi connectivity index (χ0) is 13.6. The second-order valence-corrected chi connectivity index (χ2v) is 6.91. The molecule has 98 valence electrons. The summed E-state index contributed by atoms with van der Waals surface area (Å²) in [5, 5.41) is 0. The summed E-state index contributed by atoms with van der Waals surface area (Å²) in [5.41, 5.74) is 2.45. The summed E-state index contributed by atoms with van der Waals surface area (Å²) >= 11 is 0. The van der Waals surface area contributed by atoms with Gasteiger partial charge in [-0.25, -0.2) is 8.42 Å². The first-order valence-electron chi connectivity index (χ1n) is 5.84. The molecular weight excluding hydrogens is 250 g/mol. The minimum absolute atomic E-state index is 0.407. The Morgan fingerprint density at radius 2 is 1.67 bits per heavy atom. The predicted octanol–water partition coefficient (Wildman–Crippen LogP) is 1.41. The molecule has 0 saturated heterocycles. The van der Waals surface area contributed by atoms with Crippen LogP contribution in [0.5, 0.6) is 0 Å². The zero-order valence-corrected chi connectivity index (χ0v) is 11.6. The number of aryl methyl sites for hydroxylation is 2. The van der Waals surface area contributed by atoms with Crippen LogP contribution < -0.4 is 4.72 Å². The fourth-order valence-electron chi connectivity index (χ4n) is 2.29. The maximum Gasteiger partial charge on any atom is 0.244 e. The van der Waals surface area contributed by atoms with Crippen LogP contribution >= 0.6 is 0 Å². The summed E-state index contributed by atoms with van der Waals surface area (Å²) in [7, 11) is -3.49. The predicted molar refractivity (Wildman–Crippen MR) is 69.8 cm³/mol. The van der Waals surface area contributed by atoms with E-state index in [4.69, 9.17) is 0 Å². The molecule has 0 bridgehead atoms. The molecule has 1 saturated carbocycles. The molecule has 1 amide bonds. The maximum absolute atomic E-state index is 12.1. The first-order chi connectivity index (χ1) is 8.23. The Balaban J connectivity index is 2.34. The molecule has 5 heteroatoms. The molecular formula is C13H17NO3S. The van der Waals surface area contributed by atoms with Crippen LogP contribution in [0.25, 0.3) is 0 Å². The van der Waals surface area contributed by atoms with Gasteiger partial charge in [0.15, 0.2) is 0 Å². The Bertz CT molecular complexity index is 580. The molecule has 0 radical (unpaired) electrons. The smallest absolute Gasteiger partial charge is 0.244 e. The number of benzene rings is 1. The van der Waals surface area contributed by atoms with E-state index in [0.29, 0.717) is 12.8 Å². The third-order valence-corrected chi connectivity index (χ3v) is 3.79. The van der Waals surface area contributed by atoms with Crippen molar-refractivity contribution in [1.82, 2.24) is 4.72 Å². The van der Waals surface area contributed by atoms with Gasteiger partial charge >= 0.3 is 0 Å². The van der Waals surface area contributed by atoms with Crippen LogP contribution in [0.1, 0.15) is 29.5 Å². The van der Waals surface area contributed by atoms with E-state index in [-0.39, 0.29) is 0 Å². The van der Waals surface area contributed by atoms with Crippen molar-refractivity contribution < 1.29 is 13.2 Å². The van der Waals surface area contributed by atoms with Crippen molar-refractivity contribution in [2.24, 2.45) is 0 Å². The number of hydrogen-bond donors (Lipinski definition) is 1. The third kappa shape index (κ3) is 2.56. The summed E-state index contributed by atoms with van der Waals surface area (Å²) < 4.78 is 24.4. The highest BCUT2D eigenvalue weighted by Crippen LogP contribution is 2.48. The normalized spacial score (nSPS) is 17.3. The largest absolute Gasteiger partial charge is 0.273 e. The minimum Gasteiger partial charge on any atom is -0.273 e. The summed E-state index contributed by atoms with van der Waals surface area (Å²) in [4.78, 5) is 12.1. The topological polar surface area (TPSA) is 63.2 Å². The van der Waals surface area contributed by atoms with E-state index in [2.05, 4.69) is 4.72 Å². The molecule has 0 spiro atoms. The van der Waals surface area contributed by atoms with Crippen LogP contribution in [-0.2, 0) is 20.2 Å². The average Bonchev–Trinajstić information content (AvgIpc) is 2.93. The Kier molecular flexibility index (Phi) is 2.97. The number of rotatable bonds is 3. The lowest BCUT2D eigenvalue weighted by Crippen LogP contribution is -2.38. The summed E-state index contributed by atoms with van der Waals surface area (Å²) in [5.74, 6) is -0.407. The third-order valence-electron chi connectivity index (χ3n) is 3.24. The van der Waals surface area contributed by atoms with Crippen LogP contribution in [0.15, 0.2) is 18.2 Å². The highest BCUT2D eigenvalue weighted by molar-refractivity contribution is 7.89. The number of hydrogen-bond acceptors (Lipinski definition) is 3. The molecule has 4 nitrogen and oxygen atoms in total. The van der Waals surface area contributed by atoms with Gasteiger partial charge in [0, 0.05) is 0 Å². The Hall–Kier alpha value is -1.36. The first kappa shape index (κ1) is 13.1. The van der Waals surface area contributed by atoms with Crippen LogP contribution in [0, 0.1) is 13.8 Å². The summed E-state index contributed by atoms with van der Waals surface area (Å²) in [6, 6.07) is 5.96. The van der Waals surface area contributed by atoms with Gasteiger partial charge in [0.2, 0.25) is 15.9 Å². The molecule has 1 aromatic carbocycles. The quantitative estimate of drug-likeness (QED) is 0.900. The van der Waals surface area contributed by atoms with E-state index < -0.39 is 21.3 Å².